The molecule has 0 radical (unpaired) electrons. The molecule has 0 aromatic heterocycles. The minimum absolute atomic E-state index is 0.167. The number of carbonyl (C=O) groups excluding carboxylic acids is 2. The predicted molar refractivity (Wildman–Crippen MR) is 208 cm³/mol. The average molecular weight is 737 g/mol. The molecule has 0 aromatic carbocycles. The molecule has 1 unspecified atom stereocenters. The zero-order valence-corrected chi connectivity index (χ0v) is 32.5. The highest BCUT2D eigenvalue weighted by Gasteiger charge is 2.22. The first-order chi connectivity index (χ1) is 24.7. The second-order valence-corrected chi connectivity index (χ2v) is 14.0. The number of aliphatic hydroxyl groups is 1. The van der Waals surface area contributed by atoms with Gasteiger partial charge in [0.15, 0.2) is 6.10 Å². The Balaban J connectivity index is 4.09. The minimum atomic E-state index is -4.78. The number of aliphatic hydroxyl groups excluding tert-OH is 1. The number of carbonyl (C=O) groups is 2. The van der Waals surface area contributed by atoms with Crippen molar-refractivity contribution in [2.45, 2.75) is 161 Å². The second kappa shape index (κ2) is 35.8. The molecule has 0 aliphatic carbocycles. The first kappa shape index (κ1) is 48.5. The Morgan fingerprint density at radius 3 is 1.78 bits per heavy atom. The van der Waals surface area contributed by atoms with Crippen molar-refractivity contribution in [2.75, 3.05) is 13.2 Å². The maximum atomic E-state index is 12.4. The third-order valence-electron chi connectivity index (χ3n) is 7.79. The Kier molecular flexibility index (Phi) is 34.0. The van der Waals surface area contributed by atoms with Gasteiger partial charge in [0.25, 0.3) is 0 Å². The molecule has 51 heavy (non-hydrogen) atoms. The van der Waals surface area contributed by atoms with Crippen LogP contribution in [0.1, 0.15) is 149 Å². The first-order valence-electron chi connectivity index (χ1n) is 19.3. The number of allylic oxidation sites excluding steroid dienone is 10. The van der Waals surface area contributed by atoms with Gasteiger partial charge in [0.05, 0.1) is 12.7 Å². The summed E-state index contributed by atoms with van der Waals surface area (Å²) in [6, 6.07) is 0. The summed E-state index contributed by atoms with van der Waals surface area (Å²) in [5.74, 6) is -0.971. The molecule has 0 aliphatic heterocycles. The van der Waals surface area contributed by atoms with Crippen LogP contribution in [0.4, 0.5) is 0 Å². The van der Waals surface area contributed by atoms with Gasteiger partial charge >= 0.3 is 19.8 Å². The number of unbranched alkanes of at least 4 members (excludes halogenated alkanes) is 12. The van der Waals surface area contributed by atoms with E-state index in [0.29, 0.717) is 19.3 Å². The molecule has 0 spiro atoms. The van der Waals surface area contributed by atoms with Crippen molar-refractivity contribution in [3.05, 3.63) is 72.9 Å². The van der Waals surface area contributed by atoms with E-state index in [1.54, 1.807) is 6.08 Å². The fourth-order valence-corrected chi connectivity index (χ4v) is 5.24. The van der Waals surface area contributed by atoms with Crippen molar-refractivity contribution in [3.8, 4) is 0 Å². The largest absolute Gasteiger partial charge is 0.469 e. The fraction of sp³-hybridized carbons (Fsp3) is 0.659. The van der Waals surface area contributed by atoms with Crippen molar-refractivity contribution >= 4 is 19.8 Å². The molecular weight excluding hydrogens is 667 g/mol. The van der Waals surface area contributed by atoms with Crippen molar-refractivity contribution in [1.29, 1.82) is 0 Å². The highest BCUT2D eigenvalue weighted by Crippen LogP contribution is 2.36. The van der Waals surface area contributed by atoms with Crippen LogP contribution >= 0.6 is 7.82 Å². The van der Waals surface area contributed by atoms with Gasteiger partial charge in [0, 0.05) is 12.8 Å². The number of phosphoric ester groups is 1. The number of hydrogen-bond donors (Lipinski definition) is 3. The molecule has 0 amide bonds. The van der Waals surface area contributed by atoms with E-state index in [-0.39, 0.29) is 19.4 Å². The van der Waals surface area contributed by atoms with Gasteiger partial charge in [-0.05, 0) is 77.0 Å². The molecule has 0 heterocycles. The van der Waals surface area contributed by atoms with E-state index < -0.39 is 38.6 Å². The van der Waals surface area contributed by atoms with Crippen molar-refractivity contribution in [2.24, 2.45) is 0 Å². The maximum absolute atomic E-state index is 12.4. The molecule has 0 saturated carbocycles. The molecule has 3 N–H and O–H groups in total. The van der Waals surface area contributed by atoms with Crippen LogP contribution in [0.3, 0.4) is 0 Å². The number of ether oxygens (including phenoxy) is 2. The van der Waals surface area contributed by atoms with Crippen LogP contribution in [0.5, 0.6) is 0 Å². The normalized spacial score (nSPS) is 13.9. The van der Waals surface area contributed by atoms with Crippen LogP contribution in [0, 0.1) is 0 Å². The van der Waals surface area contributed by atoms with Crippen LogP contribution in [-0.2, 0) is 28.2 Å². The molecule has 0 aromatic rings. The summed E-state index contributed by atoms with van der Waals surface area (Å²) in [5, 5.41) is 9.83. The molecule has 0 fully saturated rings. The van der Waals surface area contributed by atoms with Crippen molar-refractivity contribution in [3.63, 3.8) is 0 Å². The molecule has 292 valence electrons. The highest BCUT2D eigenvalue weighted by atomic mass is 31.2. The molecule has 0 bridgehead atoms. The topological polar surface area (TPSA) is 140 Å². The summed E-state index contributed by atoms with van der Waals surface area (Å²) in [5.41, 5.74) is 0. The number of rotatable bonds is 34. The summed E-state index contributed by atoms with van der Waals surface area (Å²) in [7, 11) is -4.78. The van der Waals surface area contributed by atoms with Crippen LogP contribution in [0.15, 0.2) is 72.9 Å². The predicted octanol–water partition coefficient (Wildman–Crippen LogP) is 10.5. The second-order valence-electron chi connectivity index (χ2n) is 12.7. The zero-order valence-electron chi connectivity index (χ0n) is 31.6. The molecule has 9 nitrogen and oxygen atoms in total. The van der Waals surface area contributed by atoms with Gasteiger partial charge in [0.2, 0.25) is 0 Å². The quantitative estimate of drug-likeness (QED) is 0.0194. The van der Waals surface area contributed by atoms with E-state index >= 15 is 0 Å². The van der Waals surface area contributed by atoms with Crippen LogP contribution in [-0.4, -0.2) is 52.3 Å². The van der Waals surface area contributed by atoms with Gasteiger partial charge in [-0.3, -0.25) is 14.1 Å². The number of hydrogen-bond acceptors (Lipinski definition) is 7. The van der Waals surface area contributed by atoms with Gasteiger partial charge in [-0.2, -0.15) is 0 Å². The standard InChI is InChI=1S/C41H69O9P/c1-3-5-7-8-9-10-11-12-13-14-15-16-17-20-24-27-31-35-41(44)50-39(37-49-51(45,46)47)36-48-40(43)34-30-26-23-21-18-19-22-25-29-33-38(42)32-28-6-4-2/h6,9-10,12-13,15-16,22,25,28-29,33,38-39,42H,3-5,7-8,11,14,17-21,23-24,26-27,30-32,34-37H2,1-2H3,(H2,45,46,47)/b10-9-,13-12-,16-15-,25-22+,28-6+,33-29+/t38?,39-/m1/s1. The van der Waals surface area contributed by atoms with E-state index in [0.717, 1.165) is 77.0 Å². The summed E-state index contributed by atoms with van der Waals surface area (Å²) in [6.45, 7) is 3.39. The Morgan fingerprint density at radius 2 is 1.18 bits per heavy atom. The molecule has 10 heteroatoms. The third kappa shape index (κ3) is 38.5. The third-order valence-corrected chi connectivity index (χ3v) is 8.27. The molecule has 2 atom stereocenters. The van der Waals surface area contributed by atoms with Crippen molar-refractivity contribution < 1.29 is 43.0 Å². The lowest BCUT2D eigenvalue weighted by Crippen LogP contribution is -2.29. The fourth-order valence-electron chi connectivity index (χ4n) is 4.88. The molecule has 0 rings (SSSR count). The first-order valence-corrected chi connectivity index (χ1v) is 20.9. The SMILES string of the molecule is CC/C=C/CC(O)/C=C/C=C/CCCCCCCC(=O)OC[C@H](COP(=O)(O)O)OC(=O)CCCCCC/C=C\C/C=C\C/C=C\CCCCC. The summed E-state index contributed by atoms with van der Waals surface area (Å²) in [6.07, 6.45) is 42.3. The van der Waals surface area contributed by atoms with Gasteiger partial charge in [-0.1, -0.05) is 132 Å². The average Bonchev–Trinajstić information content (AvgIpc) is 3.09. The lowest BCUT2D eigenvalue weighted by Gasteiger charge is -2.18. The van der Waals surface area contributed by atoms with Crippen LogP contribution in [0.2, 0.25) is 0 Å². The lowest BCUT2D eigenvalue weighted by atomic mass is 10.1. The highest BCUT2D eigenvalue weighted by molar-refractivity contribution is 7.46. The Bertz CT molecular complexity index is 1070. The van der Waals surface area contributed by atoms with Gasteiger partial charge in [0.1, 0.15) is 6.61 Å². The summed E-state index contributed by atoms with van der Waals surface area (Å²) in [4.78, 5) is 42.7. The molecule has 0 aliphatic rings. The summed E-state index contributed by atoms with van der Waals surface area (Å²) >= 11 is 0. The lowest BCUT2D eigenvalue weighted by molar-refractivity contribution is -0.161. The molecular formula is C41H69O9P. The van der Waals surface area contributed by atoms with Gasteiger partial charge in [-0.15, -0.1) is 0 Å². The summed E-state index contributed by atoms with van der Waals surface area (Å²) < 4.78 is 26.3. The van der Waals surface area contributed by atoms with E-state index in [1.165, 1.54) is 25.7 Å². The van der Waals surface area contributed by atoms with Crippen LogP contribution < -0.4 is 0 Å². The monoisotopic (exact) mass is 736 g/mol. The van der Waals surface area contributed by atoms with Gasteiger partial charge in [-0.25, -0.2) is 4.57 Å². The maximum Gasteiger partial charge on any atom is 0.469 e. The Hall–Kier alpha value is -2.55. The minimum Gasteiger partial charge on any atom is -0.462 e. The number of esters is 2. The smallest absolute Gasteiger partial charge is 0.462 e. The van der Waals surface area contributed by atoms with Crippen LogP contribution in [0.25, 0.3) is 0 Å². The Morgan fingerprint density at radius 1 is 0.627 bits per heavy atom. The van der Waals surface area contributed by atoms with E-state index in [2.05, 4.69) is 60.9 Å². The van der Waals surface area contributed by atoms with Gasteiger partial charge < -0.3 is 24.4 Å². The van der Waals surface area contributed by atoms with E-state index in [9.17, 15) is 19.3 Å². The van der Waals surface area contributed by atoms with Crippen molar-refractivity contribution in [1.82, 2.24) is 0 Å². The Labute approximate surface area is 309 Å². The van der Waals surface area contributed by atoms with E-state index in [4.69, 9.17) is 19.3 Å². The molecule has 0 saturated heterocycles. The number of phosphoric acid groups is 1. The van der Waals surface area contributed by atoms with E-state index in [1.807, 2.05) is 24.3 Å². The zero-order chi connectivity index (χ0) is 37.7.